The highest BCUT2D eigenvalue weighted by Crippen LogP contribution is 2.31. The van der Waals surface area contributed by atoms with Crippen molar-refractivity contribution >= 4 is 17.7 Å². The number of aryl methyl sites for hydroxylation is 1. The van der Waals surface area contributed by atoms with Crippen LogP contribution in [0.25, 0.3) is 5.69 Å². The summed E-state index contributed by atoms with van der Waals surface area (Å²) in [6.45, 7) is 1.90. The lowest BCUT2D eigenvalue weighted by atomic mass is 9.88. The minimum Gasteiger partial charge on any atom is -0.495 e. The van der Waals surface area contributed by atoms with Crippen LogP contribution in [-0.4, -0.2) is 33.0 Å². The highest BCUT2D eigenvalue weighted by molar-refractivity contribution is 8.00. The average Bonchev–Trinajstić information content (AvgIpc) is 3.21. The van der Waals surface area contributed by atoms with Crippen LogP contribution in [0.4, 0.5) is 0 Å². The minimum atomic E-state index is -0.304. The Morgan fingerprint density at radius 1 is 1.24 bits per heavy atom. The molecule has 1 aromatic heterocycles. The second kappa shape index (κ2) is 8.69. The molecule has 1 N–H and O–H groups in total. The molecule has 1 amide bonds. The first-order valence-electron chi connectivity index (χ1n) is 9.75. The van der Waals surface area contributed by atoms with Gasteiger partial charge in [0.25, 0.3) is 0 Å². The molecule has 0 saturated heterocycles. The van der Waals surface area contributed by atoms with Crippen LogP contribution in [-0.2, 0) is 11.2 Å². The molecule has 0 fully saturated rings. The maximum atomic E-state index is 12.9. The van der Waals surface area contributed by atoms with Crippen molar-refractivity contribution in [2.75, 3.05) is 7.11 Å². The standard InChI is InChI=1S/C22H24N4O2S/c1-15(21(27)24-18-11-7-9-16-8-3-4-10-17(16)18)29-22-25-23-14-26(22)19-12-5-6-13-20(19)28-2/h3-6,8,10,12-15,18H,7,9,11H2,1-2H3,(H,24,27)/t15-,18+/m0/s1. The summed E-state index contributed by atoms with van der Waals surface area (Å²) in [5.74, 6) is 0.733. The fourth-order valence-electron chi connectivity index (χ4n) is 3.70. The number of amides is 1. The summed E-state index contributed by atoms with van der Waals surface area (Å²) < 4.78 is 7.30. The molecule has 0 spiro atoms. The Kier molecular flexibility index (Phi) is 5.85. The van der Waals surface area contributed by atoms with Gasteiger partial charge in [0.2, 0.25) is 5.91 Å². The van der Waals surface area contributed by atoms with E-state index < -0.39 is 0 Å². The molecule has 2 atom stereocenters. The summed E-state index contributed by atoms with van der Waals surface area (Å²) >= 11 is 1.39. The fourth-order valence-corrected chi connectivity index (χ4v) is 4.55. The van der Waals surface area contributed by atoms with E-state index in [1.165, 1.54) is 22.9 Å². The number of carbonyl (C=O) groups is 1. The number of nitrogens with zero attached hydrogens (tertiary/aromatic N) is 3. The first-order chi connectivity index (χ1) is 14.2. The van der Waals surface area contributed by atoms with Crippen molar-refractivity contribution in [2.24, 2.45) is 0 Å². The van der Waals surface area contributed by atoms with Gasteiger partial charge in [0.1, 0.15) is 12.1 Å². The molecule has 1 heterocycles. The maximum absolute atomic E-state index is 12.9. The SMILES string of the molecule is COc1ccccc1-n1cnnc1S[C@@H](C)C(=O)N[C@@H]1CCCc2ccccc21. The summed E-state index contributed by atoms with van der Waals surface area (Å²) in [5.41, 5.74) is 3.41. The third-order valence-corrected chi connectivity index (χ3v) is 6.26. The quantitative estimate of drug-likeness (QED) is 0.626. The smallest absolute Gasteiger partial charge is 0.233 e. The highest BCUT2D eigenvalue weighted by Gasteiger charge is 2.25. The van der Waals surface area contributed by atoms with Gasteiger partial charge in [-0.25, -0.2) is 0 Å². The van der Waals surface area contributed by atoms with Gasteiger partial charge in [-0.2, -0.15) is 0 Å². The van der Waals surface area contributed by atoms with Gasteiger partial charge in [0, 0.05) is 0 Å². The number of nitrogens with one attached hydrogen (secondary N) is 1. The van der Waals surface area contributed by atoms with Crippen LogP contribution in [0.3, 0.4) is 0 Å². The van der Waals surface area contributed by atoms with Crippen LogP contribution in [0.1, 0.15) is 36.9 Å². The van der Waals surface area contributed by atoms with Crippen molar-refractivity contribution in [1.29, 1.82) is 0 Å². The molecule has 7 heteroatoms. The number of fused-ring (bicyclic) bond motifs is 1. The maximum Gasteiger partial charge on any atom is 0.233 e. The normalized spacial score (nSPS) is 16.7. The van der Waals surface area contributed by atoms with E-state index in [-0.39, 0.29) is 17.2 Å². The molecule has 0 saturated carbocycles. The second-order valence-electron chi connectivity index (χ2n) is 7.07. The van der Waals surface area contributed by atoms with Crippen LogP contribution in [0, 0.1) is 0 Å². The van der Waals surface area contributed by atoms with Gasteiger partial charge in [0.15, 0.2) is 5.16 Å². The van der Waals surface area contributed by atoms with E-state index in [4.69, 9.17) is 4.74 Å². The van der Waals surface area contributed by atoms with Crippen LogP contribution < -0.4 is 10.1 Å². The van der Waals surface area contributed by atoms with Crippen molar-refractivity contribution in [1.82, 2.24) is 20.1 Å². The molecule has 0 unspecified atom stereocenters. The van der Waals surface area contributed by atoms with Gasteiger partial charge in [-0.1, -0.05) is 48.2 Å². The first kappa shape index (κ1) is 19.5. The number of benzene rings is 2. The van der Waals surface area contributed by atoms with E-state index >= 15 is 0 Å². The molecule has 1 aliphatic carbocycles. The third kappa shape index (κ3) is 4.15. The van der Waals surface area contributed by atoms with E-state index in [1.807, 2.05) is 41.8 Å². The first-order valence-corrected chi connectivity index (χ1v) is 10.6. The van der Waals surface area contributed by atoms with E-state index in [0.29, 0.717) is 5.16 Å². The molecule has 1 aliphatic rings. The van der Waals surface area contributed by atoms with Crippen LogP contribution in [0.15, 0.2) is 60.0 Å². The van der Waals surface area contributed by atoms with E-state index in [9.17, 15) is 4.79 Å². The Hall–Kier alpha value is -2.80. The number of methoxy groups -OCH3 is 1. The van der Waals surface area contributed by atoms with Gasteiger partial charge >= 0.3 is 0 Å². The monoisotopic (exact) mass is 408 g/mol. The number of aromatic nitrogens is 3. The largest absolute Gasteiger partial charge is 0.495 e. The zero-order valence-corrected chi connectivity index (χ0v) is 17.4. The Labute approximate surface area is 174 Å². The number of ether oxygens (including phenoxy) is 1. The van der Waals surface area contributed by atoms with Crippen molar-refractivity contribution < 1.29 is 9.53 Å². The predicted molar refractivity (Wildman–Crippen MR) is 113 cm³/mol. The Morgan fingerprint density at radius 3 is 2.90 bits per heavy atom. The van der Waals surface area contributed by atoms with Crippen LogP contribution in [0.5, 0.6) is 5.75 Å². The van der Waals surface area contributed by atoms with Crippen LogP contribution in [0.2, 0.25) is 0 Å². The van der Waals surface area contributed by atoms with Crippen molar-refractivity contribution in [3.8, 4) is 11.4 Å². The summed E-state index contributed by atoms with van der Waals surface area (Å²) in [4.78, 5) is 12.9. The molecule has 29 heavy (non-hydrogen) atoms. The number of rotatable bonds is 6. The van der Waals surface area contributed by atoms with E-state index in [1.54, 1.807) is 13.4 Å². The van der Waals surface area contributed by atoms with Crippen LogP contribution >= 0.6 is 11.8 Å². The molecule has 0 bridgehead atoms. The lowest BCUT2D eigenvalue weighted by Crippen LogP contribution is -2.36. The molecule has 4 rings (SSSR count). The third-order valence-electron chi connectivity index (χ3n) is 5.20. The number of hydrogen-bond acceptors (Lipinski definition) is 5. The van der Waals surface area contributed by atoms with Crippen molar-refractivity contribution in [3.05, 3.63) is 66.0 Å². The lowest BCUT2D eigenvalue weighted by molar-refractivity contribution is -0.121. The van der Waals surface area contributed by atoms with Crippen molar-refractivity contribution in [3.63, 3.8) is 0 Å². The molecular weight excluding hydrogens is 384 g/mol. The summed E-state index contributed by atoms with van der Waals surface area (Å²) in [6.07, 6.45) is 4.78. The number of hydrogen-bond donors (Lipinski definition) is 1. The van der Waals surface area contributed by atoms with Gasteiger partial charge in [-0.05, 0) is 49.4 Å². The molecular formula is C22H24N4O2S. The summed E-state index contributed by atoms with van der Waals surface area (Å²) in [7, 11) is 1.63. The fraction of sp³-hybridized carbons (Fsp3) is 0.318. The molecule has 2 aromatic carbocycles. The van der Waals surface area contributed by atoms with Gasteiger partial charge < -0.3 is 10.1 Å². The highest BCUT2D eigenvalue weighted by atomic mass is 32.2. The Bertz CT molecular complexity index is 1000. The van der Waals surface area contributed by atoms with E-state index in [0.717, 1.165) is 30.7 Å². The Balaban J connectivity index is 1.48. The van der Waals surface area contributed by atoms with Gasteiger partial charge in [-0.15, -0.1) is 10.2 Å². The molecule has 150 valence electrons. The predicted octanol–water partition coefficient (Wildman–Crippen LogP) is 3.95. The van der Waals surface area contributed by atoms with Gasteiger partial charge in [0.05, 0.1) is 24.1 Å². The summed E-state index contributed by atoms with van der Waals surface area (Å²) in [6, 6.07) is 16.1. The second-order valence-corrected chi connectivity index (χ2v) is 8.38. The summed E-state index contributed by atoms with van der Waals surface area (Å²) in [5, 5.41) is 11.8. The van der Waals surface area contributed by atoms with E-state index in [2.05, 4.69) is 33.7 Å². The minimum absolute atomic E-state index is 0.00581. The molecule has 0 aliphatic heterocycles. The zero-order chi connectivity index (χ0) is 20.2. The average molecular weight is 409 g/mol. The number of thioether (sulfide) groups is 1. The van der Waals surface area contributed by atoms with Gasteiger partial charge in [-0.3, -0.25) is 9.36 Å². The number of para-hydroxylation sites is 2. The molecule has 3 aromatic rings. The van der Waals surface area contributed by atoms with Crippen molar-refractivity contribution in [2.45, 2.75) is 42.6 Å². The number of carbonyl (C=O) groups excluding carboxylic acids is 1. The molecule has 6 nitrogen and oxygen atoms in total. The molecule has 0 radical (unpaired) electrons. The lowest BCUT2D eigenvalue weighted by Gasteiger charge is -2.27. The zero-order valence-electron chi connectivity index (χ0n) is 16.5. The Morgan fingerprint density at radius 2 is 2.03 bits per heavy atom. The topological polar surface area (TPSA) is 69.0 Å².